The summed E-state index contributed by atoms with van der Waals surface area (Å²) in [6, 6.07) is 38.6. The van der Waals surface area contributed by atoms with E-state index in [1.165, 1.54) is 17.8 Å². The number of hydrogen-bond acceptors (Lipinski definition) is 3. The highest BCUT2D eigenvalue weighted by molar-refractivity contribution is 5.98. The summed E-state index contributed by atoms with van der Waals surface area (Å²) in [7, 11) is 0. The Kier molecular flexibility index (Phi) is 8.07. The molecule has 0 unspecified atom stereocenters. The molecule has 0 radical (unpaired) electrons. The van der Waals surface area contributed by atoms with Crippen molar-refractivity contribution in [3.05, 3.63) is 191 Å². The highest BCUT2D eigenvalue weighted by Gasteiger charge is 2.26. The zero-order valence-electron chi connectivity index (χ0n) is 52.5. The number of hydrogen-bond donors (Lipinski definition) is 1. The normalized spacial score (nSPS) is 15.6. The SMILES string of the molecule is [2H]c1c([2H])c(C(C([2H])([2H])[2H])(C([2H])([2H])[2H])C([2H])([2H])[2H])c([2H])c([2H])c1-c1ccnc(-c2cc(-c3cccc4c3nc(-c3cc(C)cc(C)c3O)n4-c3cc(C)c(-c4ccc(C(C)(C)C)cc4)cc3-c3ccccc3)cc(C(C)(C)C)c2)c1. The van der Waals surface area contributed by atoms with Crippen LogP contribution in [-0.4, -0.2) is 19.6 Å². The lowest BCUT2D eigenvalue weighted by atomic mass is 9.83. The summed E-state index contributed by atoms with van der Waals surface area (Å²) in [5.41, 5.74) is 8.65. The molecule has 9 rings (SSSR count). The van der Waals surface area contributed by atoms with Crippen LogP contribution in [0.25, 0.3) is 83.9 Å². The van der Waals surface area contributed by atoms with Crippen LogP contribution in [0.1, 0.15) is 113 Å². The zero-order valence-corrected chi connectivity index (χ0v) is 39.5. The molecule has 0 fully saturated rings. The van der Waals surface area contributed by atoms with Gasteiger partial charge in [-0.05, 0) is 152 Å². The highest BCUT2D eigenvalue weighted by Crippen LogP contribution is 2.44. The first-order chi connectivity index (χ1) is 37.2. The van der Waals surface area contributed by atoms with E-state index in [-0.39, 0.29) is 22.3 Å². The largest absolute Gasteiger partial charge is 0.507 e. The third-order valence-electron chi connectivity index (χ3n) is 12.6. The lowest BCUT2D eigenvalue weighted by Crippen LogP contribution is -2.11. The molecule has 2 heterocycles. The second-order valence-electron chi connectivity index (χ2n) is 19.8. The zero-order chi connectivity index (χ0) is 58.6. The van der Waals surface area contributed by atoms with E-state index in [4.69, 9.17) is 27.8 Å². The fourth-order valence-corrected chi connectivity index (χ4v) is 8.83. The van der Waals surface area contributed by atoms with E-state index in [1.54, 1.807) is 6.07 Å². The van der Waals surface area contributed by atoms with Crippen LogP contribution >= 0.6 is 0 Å². The monoisotopic (exact) mass is 891 g/mol. The third-order valence-corrected chi connectivity index (χ3v) is 12.6. The number of aromatic nitrogens is 3. The number of rotatable bonds is 7. The smallest absolute Gasteiger partial charge is 0.149 e. The van der Waals surface area contributed by atoms with Crippen LogP contribution in [-0.2, 0) is 16.2 Å². The number of phenolic OH excluding ortho intramolecular Hbond substituents is 1. The van der Waals surface area contributed by atoms with Crippen LogP contribution in [0.2, 0.25) is 0 Å². The van der Waals surface area contributed by atoms with Crippen molar-refractivity contribution in [3.63, 3.8) is 0 Å². The Hall–Kier alpha value is -7.04. The predicted molar refractivity (Wildman–Crippen MR) is 283 cm³/mol. The molecule has 1 N–H and O–H groups in total. The fraction of sp³-hybridized carbons (Fsp3) is 0.238. The molecule has 2 aromatic heterocycles. The molecule has 0 spiro atoms. The summed E-state index contributed by atoms with van der Waals surface area (Å²) >= 11 is 0. The van der Waals surface area contributed by atoms with Crippen molar-refractivity contribution in [2.24, 2.45) is 0 Å². The van der Waals surface area contributed by atoms with Gasteiger partial charge in [-0.3, -0.25) is 9.55 Å². The summed E-state index contributed by atoms with van der Waals surface area (Å²) in [4.78, 5) is 10.3. The first kappa shape index (κ1) is 31.8. The van der Waals surface area contributed by atoms with E-state index in [0.717, 1.165) is 61.3 Å². The van der Waals surface area contributed by atoms with Gasteiger partial charge in [-0.2, -0.15) is 0 Å². The Morgan fingerprint density at radius 2 is 1.19 bits per heavy atom. The van der Waals surface area contributed by atoms with Gasteiger partial charge in [0.1, 0.15) is 11.6 Å². The Morgan fingerprint density at radius 3 is 1.88 bits per heavy atom. The van der Waals surface area contributed by atoms with Crippen LogP contribution < -0.4 is 0 Å². The van der Waals surface area contributed by atoms with Gasteiger partial charge in [-0.25, -0.2) is 4.98 Å². The first-order valence-electron chi connectivity index (χ1n) is 29.0. The van der Waals surface area contributed by atoms with Gasteiger partial charge in [0.25, 0.3) is 0 Å². The summed E-state index contributed by atoms with van der Waals surface area (Å²) in [6.07, 6.45) is 1.44. The van der Waals surface area contributed by atoms with E-state index in [0.29, 0.717) is 33.7 Å². The number of imidazole rings is 1. The van der Waals surface area contributed by atoms with Crippen molar-refractivity contribution in [1.29, 1.82) is 0 Å². The highest BCUT2D eigenvalue weighted by atomic mass is 16.3. The lowest BCUT2D eigenvalue weighted by molar-refractivity contribution is 0.472. The summed E-state index contributed by atoms with van der Waals surface area (Å²) < 4.78 is 113. The molecular weight excluding hydrogens is 815 g/mol. The number of aryl methyl sites for hydroxylation is 3. The predicted octanol–water partition coefficient (Wildman–Crippen LogP) is 16.9. The van der Waals surface area contributed by atoms with Gasteiger partial charge >= 0.3 is 0 Å². The minimum Gasteiger partial charge on any atom is -0.507 e. The number of aromatic hydroxyl groups is 1. The molecule has 0 bridgehead atoms. The van der Waals surface area contributed by atoms with E-state index >= 15 is 0 Å². The molecule has 0 amide bonds. The molecule has 0 saturated carbocycles. The molecular formula is C63H63N3O. The van der Waals surface area contributed by atoms with Crippen molar-refractivity contribution in [2.75, 3.05) is 0 Å². The Balaban J connectivity index is 1.28. The molecule has 0 aliphatic rings. The van der Waals surface area contributed by atoms with Crippen molar-refractivity contribution >= 4 is 11.0 Å². The van der Waals surface area contributed by atoms with Crippen molar-refractivity contribution in [2.45, 2.75) is 99.1 Å². The average Bonchev–Trinajstić information content (AvgIpc) is 2.81. The number of pyridine rings is 1. The van der Waals surface area contributed by atoms with Crippen LogP contribution in [0.4, 0.5) is 0 Å². The maximum absolute atomic E-state index is 12.0. The maximum atomic E-state index is 12.0. The van der Waals surface area contributed by atoms with Crippen molar-refractivity contribution in [3.8, 4) is 78.6 Å². The van der Waals surface area contributed by atoms with Crippen molar-refractivity contribution in [1.82, 2.24) is 14.5 Å². The maximum Gasteiger partial charge on any atom is 0.149 e. The fourth-order valence-electron chi connectivity index (χ4n) is 8.83. The van der Waals surface area contributed by atoms with Crippen molar-refractivity contribution < 1.29 is 22.9 Å². The second kappa shape index (κ2) is 17.0. The quantitative estimate of drug-likeness (QED) is 0.173. The second-order valence-corrected chi connectivity index (χ2v) is 19.8. The summed E-state index contributed by atoms with van der Waals surface area (Å²) in [5.74, 6) is 0.629. The molecule has 7 aromatic carbocycles. The van der Waals surface area contributed by atoms with E-state index in [2.05, 4.69) is 108 Å². The van der Waals surface area contributed by atoms with Crippen LogP contribution in [0.15, 0.2) is 158 Å². The molecule has 67 heavy (non-hydrogen) atoms. The molecule has 0 saturated heterocycles. The Labute approximate surface area is 416 Å². The Bertz CT molecular complexity index is 3830. The van der Waals surface area contributed by atoms with Gasteiger partial charge in [0, 0.05) is 35.2 Å². The third kappa shape index (κ3) is 8.86. The molecule has 0 aliphatic carbocycles. The van der Waals surface area contributed by atoms with Gasteiger partial charge in [-0.1, -0.05) is 165 Å². The number of nitrogens with zero attached hydrogens (tertiary/aromatic N) is 3. The van der Waals surface area contributed by atoms with Gasteiger partial charge in [0.15, 0.2) is 0 Å². The number of phenols is 1. The van der Waals surface area contributed by atoms with Gasteiger partial charge in [0.05, 0.1) is 33.5 Å². The van der Waals surface area contributed by atoms with E-state index < -0.39 is 61.1 Å². The molecule has 0 atom stereocenters. The average molecular weight is 891 g/mol. The Morgan fingerprint density at radius 1 is 0.507 bits per heavy atom. The van der Waals surface area contributed by atoms with Gasteiger partial charge in [-0.15, -0.1) is 0 Å². The number of benzene rings is 7. The molecule has 4 heteroatoms. The van der Waals surface area contributed by atoms with Gasteiger partial charge in [0.2, 0.25) is 0 Å². The minimum atomic E-state index is -3.81. The molecule has 0 aliphatic heterocycles. The standard InChI is InChI=1S/C63H63N3O/c1-39-31-41(3)59(67)54(32-39)60-65-58-51(46-34-47(36-50(35-46)63(10,11)12)55-37-45(29-30-64-55)42-21-25-48(26-22-42)61(4,5)6)19-16-20-56(58)66(60)57-33-40(2)52(38-53(57)43-17-14-13-15-18-43)44-23-27-49(28-24-44)62(7,8)9/h13-38,67H,1-12H3/i4D3,5D3,6D3,21D,22D,25D,26D. The summed E-state index contributed by atoms with van der Waals surface area (Å²) in [5, 5.41) is 12.0. The lowest BCUT2D eigenvalue weighted by Gasteiger charge is -2.22. The van der Waals surface area contributed by atoms with E-state index in [9.17, 15) is 5.11 Å². The topological polar surface area (TPSA) is 50.9 Å². The molecule has 4 nitrogen and oxygen atoms in total. The van der Waals surface area contributed by atoms with Crippen LogP contribution in [0.3, 0.4) is 0 Å². The molecule has 9 aromatic rings. The summed E-state index contributed by atoms with van der Waals surface area (Å²) in [6.45, 7) is 7.39. The van der Waals surface area contributed by atoms with Gasteiger partial charge < -0.3 is 5.11 Å². The minimum absolute atomic E-state index is 0.0165. The van der Waals surface area contributed by atoms with E-state index in [1.807, 2.05) is 74.5 Å². The van der Waals surface area contributed by atoms with Crippen LogP contribution in [0, 0.1) is 20.8 Å². The van der Waals surface area contributed by atoms with Crippen LogP contribution in [0.5, 0.6) is 5.75 Å². The first-order valence-corrected chi connectivity index (χ1v) is 22.5. The number of fused-ring (bicyclic) bond motifs is 1. The molecule has 336 valence electrons. The number of para-hydroxylation sites is 1.